The first-order chi connectivity index (χ1) is 16.0. The van der Waals surface area contributed by atoms with Crippen LogP contribution in [-0.2, 0) is 22.1 Å². The summed E-state index contributed by atoms with van der Waals surface area (Å²) in [6.45, 7) is 4.76. The van der Waals surface area contributed by atoms with Crippen LogP contribution in [-0.4, -0.2) is 28.3 Å². The maximum atomic E-state index is 13.7. The van der Waals surface area contributed by atoms with Crippen LogP contribution in [0.4, 0.5) is 13.2 Å². The summed E-state index contributed by atoms with van der Waals surface area (Å²) in [5, 5.41) is 11.6. The van der Waals surface area contributed by atoms with Crippen molar-refractivity contribution in [3.63, 3.8) is 0 Å². The zero-order chi connectivity index (χ0) is 24.7. The molecule has 0 amide bonds. The molecule has 4 nitrogen and oxygen atoms in total. The SMILES string of the molecule is Cc1cc2ccccc2c(-c2ccc(C(F)(F)F)c3cccnc23)c1CC(=O)OCC(C)(C)O. The molecule has 0 radical (unpaired) electrons. The number of aromatic nitrogens is 1. The van der Waals surface area contributed by atoms with Crippen LogP contribution in [0.15, 0.2) is 60.8 Å². The Morgan fingerprint density at radius 1 is 1.03 bits per heavy atom. The topological polar surface area (TPSA) is 59.4 Å². The summed E-state index contributed by atoms with van der Waals surface area (Å²) in [6.07, 6.45) is -3.17. The second-order valence-electron chi connectivity index (χ2n) is 8.98. The third-order valence-electron chi connectivity index (χ3n) is 5.63. The van der Waals surface area contributed by atoms with Crippen molar-refractivity contribution < 1.29 is 27.8 Å². The molecule has 0 aliphatic heterocycles. The summed E-state index contributed by atoms with van der Waals surface area (Å²) in [4.78, 5) is 17.0. The first-order valence-corrected chi connectivity index (χ1v) is 10.8. The first-order valence-electron chi connectivity index (χ1n) is 10.8. The lowest BCUT2D eigenvalue weighted by Gasteiger charge is -2.20. The van der Waals surface area contributed by atoms with Gasteiger partial charge in [0.1, 0.15) is 6.61 Å². The van der Waals surface area contributed by atoms with Crippen LogP contribution in [0.2, 0.25) is 0 Å². The molecule has 0 aliphatic rings. The Morgan fingerprint density at radius 3 is 2.44 bits per heavy atom. The minimum atomic E-state index is -4.53. The predicted octanol–water partition coefficient (Wildman–Crippen LogP) is 6.24. The van der Waals surface area contributed by atoms with E-state index in [0.29, 0.717) is 16.7 Å². The van der Waals surface area contributed by atoms with E-state index in [9.17, 15) is 23.1 Å². The number of esters is 1. The monoisotopic (exact) mass is 467 g/mol. The van der Waals surface area contributed by atoms with E-state index in [1.54, 1.807) is 0 Å². The molecule has 0 saturated heterocycles. The van der Waals surface area contributed by atoms with Gasteiger partial charge in [0.05, 0.1) is 23.1 Å². The van der Waals surface area contributed by atoms with Crippen LogP contribution in [0, 0.1) is 6.92 Å². The molecular formula is C27H24F3NO3. The van der Waals surface area contributed by atoms with Gasteiger partial charge in [-0.2, -0.15) is 13.2 Å². The smallest absolute Gasteiger partial charge is 0.417 e. The number of halogens is 3. The average Bonchev–Trinajstić information content (AvgIpc) is 2.76. The number of fused-ring (bicyclic) bond motifs is 2. The van der Waals surface area contributed by atoms with E-state index in [1.807, 2.05) is 37.3 Å². The molecule has 0 fully saturated rings. The predicted molar refractivity (Wildman–Crippen MR) is 125 cm³/mol. The number of hydrogen-bond acceptors (Lipinski definition) is 4. The highest BCUT2D eigenvalue weighted by Crippen LogP contribution is 2.42. The van der Waals surface area contributed by atoms with Crippen LogP contribution in [0.3, 0.4) is 0 Å². The van der Waals surface area contributed by atoms with Gasteiger partial charge in [-0.1, -0.05) is 42.5 Å². The molecule has 0 spiro atoms. The number of aliphatic hydroxyl groups is 1. The quantitative estimate of drug-likeness (QED) is 0.353. The normalized spacial score (nSPS) is 12.3. The molecule has 4 rings (SSSR count). The highest BCUT2D eigenvalue weighted by atomic mass is 19.4. The van der Waals surface area contributed by atoms with Crippen LogP contribution >= 0.6 is 0 Å². The number of rotatable bonds is 5. The number of carbonyl (C=O) groups excluding carboxylic acids is 1. The van der Waals surface area contributed by atoms with E-state index in [1.165, 1.54) is 38.2 Å². The van der Waals surface area contributed by atoms with Gasteiger partial charge in [0.15, 0.2) is 0 Å². The van der Waals surface area contributed by atoms with E-state index < -0.39 is 23.3 Å². The minimum absolute atomic E-state index is 0.00589. The highest BCUT2D eigenvalue weighted by molar-refractivity contribution is 6.07. The van der Waals surface area contributed by atoms with E-state index in [2.05, 4.69) is 4.98 Å². The molecule has 0 aliphatic carbocycles. The van der Waals surface area contributed by atoms with E-state index >= 15 is 0 Å². The van der Waals surface area contributed by atoms with Crippen molar-refractivity contribution in [1.29, 1.82) is 0 Å². The zero-order valence-electron chi connectivity index (χ0n) is 19.0. The van der Waals surface area contributed by atoms with Crippen LogP contribution in [0.25, 0.3) is 32.8 Å². The third kappa shape index (κ3) is 4.75. The summed E-state index contributed by atoms with van der Waals surface area (Å²) in [5.41, 5.74) is 0.873. The highest BCUT2D eigenvalue weighted by Gasteiger charge is 2.33. The molecule has 0 atom stereocenters. The number of pyridine rings is 1. The van der Waals surface area contributed by atoms with Gasteiger partial charge in [-0.3, -0.25) is 9.78 Å². The van der Waals surface area contributed by atoms with Gasteiger partial charge in [-0.15, -0.1) is 0 Å². The van der Waals surface area contributed by atoms with Crippen LogP contribution in [0.1, 0.15) is 30.5 Å². The van der Waals surface area contributed by atoms with Crippen molar-refractivity contribution in [1.82, 2.24) is 4.98 Å². The van der Waals surface area contributed by atoms with Crippen molar-refractivity contribution >= 4 is 27.6 Å². The summed E-state index contributed by atoms with van der Waals surface area (Å²) >= 11 is 0. The molecule has 1 N–H and O–H groups in total. The van der Waals surface area contributed by atoms with Gasteiger partial charge in [-0.05, 0) is 60.4 Å². The third-order valence-corrected chi connectivity index (χ3v) is 5.63. The van der Waals surface area contributed by atoms with Crippen molar-refractivity contribution in [3.05, 3.63) is 77.5 Å². The fraction of sp³-hybridized carbons (Fsp3) is 0.259. The molecule has 4 aromatic rings. The number of alkyl halides is 3. The van der Waals surface area contributed by atoms with Gasteiger partial charge in [0, 0.05) is 17.1 Å². The Bertz CT molecular complexity index is 1390. The van der Waals surface area contributed by atoms with Crippen LogP contribution in [0.5, 0.6) is 0 Å². The Morgan fingerprint density at radius 2 is 1.74 bits per heavy atom. The molecule has 0 saturated carbocycles. The lowest BCUT2D eigenvalue weighted by molar-refractivity contribution is -0.149. The second kappa shape index (κ2) is 8.72. The van der Waals surface area contributed by atoms with E-state index in [4.69, 9.17) is 4.74 Å². The lowest BCUT2D eigenvalue weighted by atomic mass is 9.87. The molecule has 34 heavy (non-hydrogen) atoms. The Balaban J connectivity index is 1.96. The van der Waals surface area contributed by atoms with Crippen molar-refractivity contribution in [2.75, 3.05) is 6.61 Å². The number of ether oxygens (including phenoxy) is 1. The number of hydrogen-bond donors (Lipinski definition) is 1. The van der Waals surface area contributed by atoms with Gasteiger partial charge in [-0.25, -0.2) is 0 Å². The van der Waals surface area contributed by atoms with Crippen molar-refractivity contribution in [2.24, 2.45) is 0 Å². The fourth-order valence-electron chi connectivity index (χ4n) is 4.14. The summed E-state index contributed by atoms with van der Waals surface area (Å²) in [5.74, 6) is -0.536. The Kier molecular flexibility index (Phi) is 6.08. The average molecular weight is 467 g/mol. The summed E-state index contributed by atoms with van der Waals surface area (Å²) in [7, 11) is 0. The van der Waals surface area contributed by atoms with E-state index in [0.717, 1.165) is 22.4 Å². The van der Waals surface area contributed by atoms with Crippen molar-refractivity contribution in [2.45, 2.75) is 39.0 Å². The van der Waals surface area contributed by atoms with E-state index in [-0.39, 0.29) is 23.9 Å². The molecule has 176 valence electrons. The maximum Gasteiger partial charge on any atom is 0.417 e. The molecular weight excluding hydrogens is 443 g/mol. The standard InChI is InChI=1S/C27H24F3NO3/c1-16-13-17-7-4-5-8-18(17)24(21(16)14-23(32)34-15-26(2,3)33)20-10-11-22(27(28,29)30)19-9-6-12-31-25(19)20/h4-13,33H,14-15H2,1-3H3. The Labute approximate surface area is 195 Å². The molecule has 7 heteroatoms. The molecule has 0 unspecified atom stereocenters. The molecule has 0 bridgehead atoms. The number of aryl methyl sites for hydroxylation is 1. The summed E-state index contributed by atoms with van der Waals surface area (Å²) in [6, 6.07) is 14.8. The molecule has 3 aromatic carbocycles. The van der Waals surface area contributed by atoms with Gasteiger partial charge < -0.3 is 9.84 Å². The first kappa shape index (κ1) is 23.7. The van der Waals surface area contributed by atoms with Crippen molar-refractivity contribution in [3.8, 4) is 11.1 Å². The zero-order valence-corrected chi connectivity index (χ0v) is 19.0. The number of nitrogens with zero attached hydrogens (tertiary/aromatic N) is 1. The lowest BCUT2D eigenvalue weighted by Crippen LogP contribution is -2.28. The van der Waals surface area contributed by atoms with Crippen LogP contribution < -0.4 is 0 Å². The Hall–Kier alpha value is -3.45. The van der Waals surface area contributed by atoms with Gasteiger partial charge in [0.25, 0.3) is 0 Å². The fourth-order valence-corrected chi connectivity index (χ4v) is 4.14. The maximum absolute atomic E-state index is 13.7. The number of benzene rings is 3. The molecule has 1 heterocycles. The van der Waals surface area contributed by atoms with Gasteiger partial charge in [0.2, 0.25) is 0 Å². The van der Waals surface area contributed by atoms with Gasteiger partial charge >= 0.3 is 12.1 Å². The second-order valence-corrected chi connectivity index (χ2v) is 8.98. The number of carbonyl (C=O) groups is 1. The minimum Gasteiger partial charge on any atom is -0.462 e. The largest absolute Gasteiger partial charge is 0.462 e. The molecule has 1 aromatic heterocycles. The summed E-state index contributed by atoms with van der Waals surface area (Å²) < 4.78 is 46.3.